The van der Waals surface area contributed by atoms with Gasteiger partial charge in [0, 0.05) is 6.42 Å². The zero-order valence-electron chi connectivity index (χ0n) is 15.0. The minimum Gasteiger partial charge on any atom is -0.497 e. The molecule has 1 amide bonds. The van der Waals surface area contributed by atoms with E-state index in [0.29, 0.717) is 26.0 Å². The molecule has 0 aromatic heterocycles. The van der Waals surface area contributed by atoms with Crippen molar-refractivity contribution in [3.8, 4) is 17.2 Å². The third-order valence-electron chi connectivity index (χ3n) is 3.79. The third-order valence-corrected chi connectivity index (χ3v) is 3.79. The number of nitrogens with one attached hydrogen (secondary N) is 1. The van der Waals surface area contributed by atoms with E-state index >= 15 is 0 Å². The lowest BCUT2D eigenvalue weighted by Gasteiger charge is -2.11. The van der Waals surface area contributed by atoms with Crippen molar-refractivity contribution in [2.45, 2.75) is 19.8 Å². The minimum atomic E-state index is -0.0160. The molecule has 0 radical (unpaired) electrons. The van der Waals surface area contributed by atoms with E-state index in [2.05, 4.69) is 5.32 Å². The fourth-order valence-electron chi connectivity index (χ4n) is 2.48. The van der Waals surface area contributed by atoms with Crippen LogP contribution >= 0.6 is 0 Å². The van der Waals surface area contributed by atoms with Crippen LogP contribution in [0, 0.1) is 6.92 Å². The summed E-state index contributed by atoms with van der Waals surface area (Å²) in [4.78, 5) is 12.0. The van der Waals surface area contributed by atoms with Gasteiger partial charge in [0.05, 0.1) is 20.8 Å². The van der Waals surface area contributed by atoms with Crippen LogP contribution < -0.4 is 19.5 Å². The summed E-state index contributed by atoms with van der Waals surface area (Å²) in [7, 11) is 3.24. The SMILES string of the molecule is COc1ccc(OC)c(CCC(=O)NCCOc2cccc(C)c2)c1. The average molecular weight is 343 g/mol. The smallest absolute Gasteiger partial charge is 0.220 e. The first-order chi connectivity index (χ1) is 12.1. The lowest BCUT2D eigenvalue weighted by atomic mass is 10.1. The van der Waals surface area contributed by atoms with Crippen molar-refractivity contribution in [3.05, 3.63) is 53.6 Å². The van der Waals surface area contributed by atoms with E-state index in [0.717, 1.165) is 28.4 Å². The summed E-state index contributed by atoms with van der Waals surface area (Å²) in [6.07, 6.45) is 0.971. The molecule has 134 valence electrons. The summed E-state index contributed by atoms with van der Waals surface area (Å²) in [5, 5.41) is 2.87. The Morgan fingerprint density at radius 3 is 2.60 bits per heavy atom. The van der Waals surface area contributed by atoms with Crippen molar-refractivity contribution in [2.24, 2.45) is 0 Å². The van der Waals surface area contributed by atoms with Crippen LogP contribution in [0.4, 0.5) is 0 Å². The molecule has 0 saturated heterocycles. The first kappa shape index (κ1) is 18.6. The zero-order valence-corrected chi connectivity index (χ0v) is 15.0. The number of carbonyl (C=O) groups excluding carboxylic acids is 1. The molecule has 2 rings (SSSR count). The molecule has 0 heterocycles. The van der Waals surface area contributed by atoms with Gasteiger partial charge in [-0.15, -0.1) is 0 Å². The summed E-state index contributed by atoms with van der Waals surface area (Å²) in [5.41, 5.74) is 2.10. The van der Waals surface area contributed by atoms with Crippen LogP contribution in [0.15, 0.2) is 42.5 Å². The fraction of sp³-hybridized carbons (Fsp3) is 0.350. The largest absolute Gasteiger partial charge is 0.497 e. The number of aryl methyl sites for hydroxylation is 2. The van der Waals surface area contributed by atoms with E-state index in [1.807, 2.05) is 49.4 Å². The van der Waals surface area contributed by atoms with Gasteiger partial charge in [-0.2, -0.15) is 0 Å². The van der Waals surface area contributed by atoms with Crippen molar-refractivity contribution >= 4 is 5.91 Å². The Bertz CT molecular complexity index is 700. The number of rotatable bonds is 9. The number of methoxy groups -OCH3 is 2. The van der Waals surface area contributed by atoms with Crippen LogP contribution in [0.3, 0.4) is 0 Å². The van der Waals surface area contributed by atoms with E-state index < -0.39 is 0 Å². The molecule has 0 bridgehead atoms. The van der Waals surface area contributed by atoms with Gasteiger partial charge in [-0.1, -0.05) is 12.1 Å². The summed E-state index contributed by atoms with van der Waals surface area (Å²) in [6.45, 7) is 2.93. The molecule has 0 unspecified atom stereocenters. The first-order valence-corrected chi connectivity index (χ1v) is 8.29. The number of benzene rings is 2. The molecule has 5 heteroatoms. The normalized spacial score (nSPS) is 10.2. The van der Waals surface area contributed by atoms with Gasteiger partial charge in [-0.05, 0) is 54.8 Å². The van der Waals surface area contributed by atoms with Crippen molar-refractivity contribution in [1.29, 1.82) is 0 Å². The Morgan fingerprint density at radius 1 is 1.04 bits per heavy atom. The van der Waals surface area contributed by atoms with Crippen LogP contribution in [0.25, 0.3) is 0 Å². The summed E-state index contributed by atoms with van der Waals surface area (Å²) in [6, 6.07) is 13.4. The van der Waals surface area contributed by atoms with E-state index in [1.54, 1.807) is 14.2 Å². The molecule has 0 fully saturated rings. The molecule has 0 aliphatic heterocycles. The second kappa shape index (κ2) is 9.57. The highest BCUT2D eigenvalue weighted by Crippen LogP contribution is 2.25. The predicted octanol–water partition coefficient (Wildman–Crippen LogP) is 3.14. The van der Waals surface area contributed by atoms with Crippen molar-refractivity contribution < 1.29 is 19.0 Å². The molecule has 2 aromatic carbocycles. The van der Waals surface area contributed by atoms with Crippen LogP contribution in [0.5, 0.6) is 17.2 Å². The Labute approximate surface area is 148 Å². The minimum absolute atomic E-state index is 0.0160. The van der Waals surface area contributed by atoms with Gasteiger partial charge in [0.1, 0.15) is 23.9 Å². The molecule has 2 aromatic rings. The summed E-state index contributed by atoms with van der Waals surface area (Å²) < 4.78 is 16.2. The maximum atomic E-state index is 12.0. The van der Waals surface area contributed by atoms with E-state index in [4.69, 9.17) is 14.2 Å². The second-order valence-electron chi connectivity index (χ2n) is 5.69. The Morgan fingerprint density at radius 2 is 1.88 bits per heavy atom. The summed E-state index contributed by atoms with van der Waals surface area (Å²) in [5.74, 6) is 2.31. The zero-order chi connectivity index (χ0) is 18.1. The second-order valence-corrected chi connectivity index (χ2v) is 5.69. The molecular formula is C20H25NO4. The lowest BCUT2D eigenvalue weighted by molar-refractivity contribution is -0.121. The number of hydrogen-bond acceptors (Lipinski definition) is 4. The molecule has 0 aliphatic carbocycles. The standard InChI is InChI=1S/C20H25NO4/c1-15-5-4-6-18(13-15)25-12-11-21-20(22)10-7-16-14-17(23-2)8-9-19(16)24-3/h4-6,8-9,13-14H,7,10-12H2,1-3H3,(H,21,22). The van der Waals surface area contributed by atoms with Crippen molar-refractivity contribution in [1.82, 2.24) is 5.32 Å². The number of hydrogen-bond donors (Lipinski definition) is 1. The predicted molar refractivity (Wildman–Crippen MR) is 97.6 cm³/mol. The first-order valence-electron chi connectivity index (χ1n) is 8.29. The highest BCUT2D eigenvalue weighted by molar-refractivity contribution is 5.76. The third kappa shape index (κ3) is 6.03. The van der Waals surface area contributed by atoms with Gasteiger partial charge in [-0.25, -0.2) is 0 Å². The van der Waals surface area contributed by atoms with Gasteiger partial charge in [-0.3, -0.25) is 4.79 Å². The molecular weight excluding hydrogens is 318 g/mol. The van der Waals surface area contributed by atoms with Gasteiger partial charge in [0.2, 0.25) is 5.91 Å². The molecule has 0 saturated carbocycles. The van der Waals surface area contributed by atoms with Gasteiger partial charge < -0.3 is 19.5 Å². The van der Waals surface area contributed by atoms with Crippen LogP contribution in [-0.4, -0.2) is 33.3 Å². The van der Waals surface area contributed by atoms with Crippen LogP contribution in [0.2, 0.25) is 0 Å². The van der Waals surface area contributed by atoms with E-state index in [9.17, 15) is 4.79 Å². The summed E-state index contributed by atoms with van der Waals surface area (Å²) >= 11 is 0. The topological polar surface area (TPSA) is 56.8 Å². The number of carbonyl (C=O) groups is 1. The lowest BCUT2D eigenvalue weighted by Crippen LogP contribution is -2.28. The fourth-order valence-corrected chi connectivity index (χ4v) is 2.48. The number of amides is 1. The Balaban J connectivity index is 1.74. The van der Waals surface area contributed by atoms with Gasteiger partial charge in [0.15, 0.2) is 0 Å². The van der Waals surface area contributed by atoms with Crippen LogP contribution in [0.1, 0.15) is 17.5 Å². The highest BCUT2D eigenvalue weighted by atomic mass is 16.5. The van der Waals surface area contributed by atoms with Gasteiger partial charge in [0.25, 0.3) is 0 Å². The average Bonchev–Trinajstić information content (AvgIpc) is 2.63. The molecule has 25 heavy (non-hydrogen) atoms. The Kier molecular flexibility index (Phi) is 7.14. The molecule has 0 spiro atoms. The van der Waals surface area contributed by atoms with Crippen molar-refractivity contribution in [3.63, 3.8) is 0 Å². The highest BCUT2D eigenvalue weighted by Gasteiger charge is 2.08. The molecule has 0 aliphatic rings. The van der Waals surface area contributed by atoms with Crippen LogP contribution in [-0.2, 0) is 11.2 Å². The monoisotopic (exact) mass is 343 g/mol. The van der Waals surface area contributed by atoms with Gasteiger partial charge >= 0.3 is 0 Å². The van der Waals surface area contributed by atoms with E-state index in [1.165, 1.54) is 0 Å². The Hall–Kier alpha value is -2.69. The van der Waals surface area contributed by atoms with Crippen molar-refractivity contribution in [2.75, 3.05) is 27.4 Å². The number of ether oxygens (including phenoxy) is 3. The maximum absolute atomic E-state index is 12.0. The van der Waals surface area contributed by atoms with E-state index in [-0.39, 0.29) is 5.91 Å². The quantitative estimate of drug-likeness (QED) is 0.711. The maximum Gasteiger partial charge on any atom is 0.220 e. The molecule has 1 N–H and O–H groups in total. The molecule has 0 atom stereocenters. The molecule has 5 nitrogen and oxygen atoms in total.